The molecule has 1 aromatic heterocycles. The average Bonchev–Trinajstić information content (AvgIpc) is 3.36. The molecule has 5 atom stereocenters. The van der Waals surface area contributed by atoms with Crippen LogP contribution in [0.5, 0.6) is 5.75 Å². The van der Waals surface area contributed by atoms with Crippen LogP contribution in [0.4, 0.5) is 4.79 Å². The van der Waals surface area contributed by atoms with Crippen molar-refractivity contribution in [2.45, 2.75) is 107 Å². The van der Waals surface area contributed by atoms with E-state index in [0.717, 1.165) is 50.5 Å². The number of methoxy groups -OCH3 is 1. The first-order valence-corrected chi connectivity index (χ1v) is 17.4. The van der Waals surface area contributed by atoms with E-state index in [4.69, 9.17) is 14.2 Å². The van der Waals surface area contributed by atoms with Gasteiger partial charge in [-0.1, -0.05) is 43.2 Å². The molecular weight excluding hydrogens is 651 g/mol. The van der Waals surface area contributed by atoms with Crippen molar-refractivity contribution in [1.29, 1.82) is 0 Å². The Labute approximate surface area is 314 Å². The van der Waals surface area contributed by atoms with E-state index < -0.39 is 53.4 Å². The minimum atomic E-state index is -1.22. The fourth-order valence-electron chi connectivity index (χ4n) is 7.43. The molecule has 2 aliphatic heterocycles. The van der Waals surface area contributed by atoms with Crippen LogP contribution in [0.25, 0.3) is 10.9 Å². The summed E-state index contributed by atoms with van der Waals surface area (Å²) in [6.07, 6.45) is 10.1. The number of aromatic nitrogens is 1. The van der Waals surface area contributed by atoms with Gasteiger partial charge in [-0.25, -0.2) is 9.59 Å². The molecule has 6 rings (SSSR count). The number of aryl methyl sites for hydroxylation is 1. The number of ether oxygens (including phenoxy) is 3. The summed E-state index contributed by atoms with van der Waals surface area (Å²) in [7, 11) is 1.29. The van der Waals surface area contributed by atoms with Crippen molar-refractivity contribution in [3.05, 3.63) is 54.6 Å². The number of pyridine rings is 1. The van der Waals surface area contributed by atoms with Crippen molar-refractivity contribution >= 4 is 40.6 Å². The number of allylic oxidation sites excluding steroid dienone is 1. The Morgan fingerprint density at radius 3 is 2.56 bits per heavy atom. The van der Waals surface area contributed by atoms with Crippen LogP contribution in [-0.2, 0) is 23.9 Å². The third-order valence-corrected chi connectivity index (χ3v) is 10.2. The summed E-state index contributed by atoms with van der Waals surface area (Å²) in [5.74, 6) is -1.78. The second-order valence-electron chi connectivity index (χ2n) is 13.7. The number of fused-ring (bicyclic) bond motifs is 3. The largest absolute Gasteiger partial charge is 1.00 e. The van der Waals surface area contributed by atoms with Crippen molar-refractivity contribution in [2.75, 3.05) is 13.7 Å². The van der Waals surface area contributed by atoms with E-state index in [1.54, 1.807) is 0 Å². The summed E-state index contributed by atoms with van der Waals surface area (Å²) in [5.41, 5.74) is 0.350. The molecule has 50 heavy (non-hydrogen) atoms. The maximum Gasteiger partial charge on any atom is 1.00 e. The monoisotopic (exact) mass is 696 g/mol. The number of alkyl carbamates (subject to hydrolysis) is 1. The average molecular weight is 697 g/mol. The number of nitrogens with zero attached hydrogens (tertiary/aromatic N) is 2. The predicted molar refractivity (Wildman–Crippen MR) is 180 cm³/mol. The molecule has 3 amide bonds. The van der Waals surface area contributed by atoms with Crippen LogP contribution < -0.4 is 44.9 Å². The van der Waals surface area contributed by atoms with Gasteiger partial charge in [0.15, 0.2) is 0 Å². The minimum Gasteiger partial charge on any atom is -0.489 e. The van der Waals surface area contributed by atoms with Crippen LogP contribution >= 0.6 is 0 Å². The van der Waals surface area contributed by atoms with Gasteiger partial charge in [-0.05, 0) is 75.6 Å². The van der Waals surface area contributed by atoms with E-state index in [9.17, 15) is 24.0 Å². The number of nitrogens with one attached hydrogen (secondary N) is 2. The first kappa shape index (κ1) is 37.6. The van der Waals surface area contributed by atoms with E-state index in [-0.39, 0.29) is 60.2 Å². The molecule has 3 fully saturated rings. The van der Waals surface area contributed by atoms with E-state index >= 15 is 0 Å². The van der Waals surface area contributed by atoms with Crippen LogP contribution in [-0.4, -0.2) is 83.0 Å². The van der Waals surface area contributed by atoms with Gasteiger partial charge < -0.3 is 39.5 Å². The van der Waals surface area contributed by atoms with E-state index in [1.165, 1.54) is 18.1 Å². The summed E-state index contributed by atoms with van der Waals surface area (Å²) in [5, 5.41) is 6.43. The van der Waals surface area contributed by atoms with Crippen LogP contribution in [0.1, 0.15) is 86.7 Å². The van der Waals surface area contributed by atoms with Gasteiger partial charge in [0.1, 0.15) is 35.6 Å². The smallest absolute Gasteiger partial charge is 0.489 e. The molecular formula is C37H45N4NaO8. The van der Waals surface area contributed by atoms with Gasteiger partial charge in [-0.2, -0.15) is 6.92 Å². The molecule has 0 bridgehead atoms. The van der Waals surface area contributed by atoms with Crippen molar-refractivity contribution in [1.82, 2.24) is 20.5 Å². The fourth-order valence-corrected chi connectivity index (χ4v) is 7.43. The molecule has 0 spiro atoms. The second-order valence-corrected chi connectivity index (χ2v) is 13.7. The van der Waals surface area contributed by atoms with Crippen molar-refractivity contribution in [3.63, 3.8) is 0 Å². The number of amides is 3. The minimum absolute atomic E-state index is 0. The van der Waals surface area contributed by atoms with Crippen molar-refractivity contribution in [2.24, 2.45) is 5.92 Å². The van der Waals surface area contributed by atoms with Gasteiger partial charge in [0.2, 0.25) is 11.8 Å². The Kier molecular flexibility index (Phi) is 12.2. The van der Waals surface area contributed by atoms with Crippen LogP contribution in [0.15, 0.2) is 36.4 Å². The Balaban J connectivity index is 0.00000486. The zero-order valence-corrected chi connectivity index (χ0v) is 31.2. The van der Waals surface area contributed by atoms with Crippen molar-refractivity contribution in [3.8, 4) is 5.75 Å². The normalized spacial score (nSPS) is 27.8. The number of carbonyl (C=O) groups excluding carboxylic acids is 5. The summed E-state index contributed by atoms with van der Waals surface area (Å²) in [6.45, 7) is 5.44. The predicted octanol–water partition coefficient (Wildman–Crippen LogP) is 1.52. The Morgan fingerprint density at radius 2 is 1.82 bits per heavy atom. The molecule has 3 heterocycles. The van der Waals surface area contributed by atoms with E-state index in [1.807, 2.05) is 37.3 Å². The molecule has 13 heteroatoms. The molecule has 1 saturated heterocycles. The number of Topliss-reactive ketones (excluding diaryl/α,β-unsaturated/α-hetero) is 1. The fraction of sp³-hybridized carbons (Fsp3) is 0.541. The molecule has 0 radical (unpaired) electrons. The van der Waals surface area contributed by atoms with Crippen LogP contribution in [0.3, 0.4) is 0 Å². The second kappa shape index (κ2) is 16.2. The van der Waals surface area contributed by atoms with Gasteiger partial charge in [-0.3, -0.25) is 9.59 Å². The molecule has 1 aromatic carbocycles. The molecule has 12 nitrogen and oxygen atoms in total. The number of para-hydroxylation sites is 1. The number of carbonyl (C=O) groups is 5. The van der Waals surface area contributed by atoms with Gasteiger partial charge in [0.05, 0.1) is 19.2 Å². The maximum absolute atomic E-state index is 14.4. The Morgan fingerprint density at radius 1 is 1.06 bits per heavy atom. The molecule has 4 aliphatic rings. The first-order chi connectivity index (χ1) is 23.6. The summed E-state index contributed by atoms with van der Waals surface area (Å²) < 4.78 is 17.3. The SMILES string of the molecule is [CH2-]C(=O)c1cc(O[C@@H]2C[C@H]3C(=O)N[C@]4(C(=O)OC)CC4/C=C\CCCCC[C@H](NC(=O)OC4CCCC4)C(=O)N3C2)c2cccc(C)c2n1.[Na+]. The number of hydrogen-bond donors (Lipinski definition) is 2. The number of rotatable bonds is 6. The van der Waals surface area contributed by atoms with Gasteiger partial charge >= 0.3 is 41.6 Å². The van der Waals surface area contributed by atoms with Gasteiger partial charge in [0, 0.05) is 23.5 Å². The molecule has 2 aromatic rings. The third kappa shape index (κ3) is 8.13. The van der Waals surface area contributed by atoms with Crippen LogP contribution in [0, 0.1) is 19.8 Å². The Hall–Kier alpha value is -3.61. The third-order valence-electron chi connectivity index (χ3n) is 10.2. The molecule has 2 aliphatic carbocycles. The zero-order valence-electron chi connectivity index (χ0n) is 29.2. The molecule has 1 unspecified atom stereocenters. The van der Waals surface area contributed by atoms with Gasteiger partial charge in [0.25, 0.3) is 0 Å². The Bertz CT molecular complexity index is 1660. The molecule has 2 N–H and O–H groups in total. The quantitative estimate of drug-likeness (QED) is 0.151. The maximum atomic E-state index is 14.4. The number of hydrogen-bond acceptors (Lipinski definition) is 9. The van der Waals surface area contributed by atoms with Gasteiger partial charge in [-0.15, -0.1) is 0 Å². The summed E-state index contributed by atoms with van der Waals surface area (Å²) in [4.78, 5) is 72.8. The van der Waals surface area contributed by atoms with Crippen molar-refractivity contribution < 1.29 is 67.7 Å². The summed E-state index contributed by atoms with van der Waals surface area (Å²) in [6, 6.07) is 5.19. The number of ketones is 1. The van der Waals surface area contributed by atoms with E-state index in [2.05, 4.69) is 22.5 Å². The zero-order chi connectivity index (χ0) is 34.7. The first-order valence-electron chi connectivity index (χ1n) is 17.4. The summed E-state index contributed by atoms with van der Waals surface area (Å²) >= 11 is 0. The van der Waals surface area contributed by atoms with Crippen LogP contribution in [0.2, 0.25) is 0 Å². The molecule has 2 saturated carbocycles. The number of benzene rings is 1. The topological polar surface area (TPSA) is 153 Å². The van der Waals surface area contributed by atoms with E-state index in [0.29, 0.717) is 35.9 Å². The standard InChI is InChI=1S/C37H45N4O8.Na/c1-22-12-11-16-27-31(19-29(23(2)42)38-32(22)27)48-26-18-30-33(43)40-37(35(45)47-3)20-24(37)13-7-5-4-6-8-17-28(34(44)41(30)21-26)39-36(46)49-25-14-9-10-15-25;/h7,11-13,16,19,24-26,28,30H,2,4-6,8-10,14-15,17-18,20-21H2,1,3H3,(H,39,46)(H,40,43);/q-1;+1/b13-7-;/t24?,26-,28+,30+,37-;/m1./s1. The number of esters is 1. The molecule has 262 valence electrons.